The number of carbonyl (C=O) groups is 1. The van der Waals surface area contributed by atoms with Gasteiger partial charge in [0.05, 0.1) is 5.75 Å². The zero-order chi connectivity index (χ0) is 14.5. The molecular weight excluding hydrogens is 274 g/mol. The number of nitrogens with zero attached hydrogens (tertiary/aromatic N) is 3. The van der Waals surface area contributed by atoms with Gasteiger partial charge in [0.2, 0.25) is 0 Å². The number of carboxylic acids is 1. The van der Waals surface area contributed by atoms with E-state index in [2.05, 4.69) is 28.3 Å². The second kappa shape index (κ2) is 7.13. The molecule has 0 amide bonds. The first-order valence-corrected chi connectivity index (χ1v) is 8.23. The molecule has 1 aliphatic rings. The van der Waals surface area contributed by atoms with Crippen LogP contribution in [0.25, 0.3) is 0 Å². The monoisotopic (exact) mass is 297 g/mol. The van der Waals surface area contributed by atoms with Crippen LogP contribution < -0.4 is 0 Å². The summed E-state index contributed by atoms with van der Waals surface area (Å²) in [6.45, 7) is 7.60. The lowest BCUT2D eigenvalue weighted by Crippen LogP contribution is -2.34. The molecule has 2 rings (SSSR count). The van der Waals surface area contributed by atoms with Gasteiger partial charge >= 0.3 is 5.97 Å². The van der Waals surface area contributed by atoms with Gasteiger partial charge in [-0.1, -0.05) is 18.7 Å². The van der Waals surface area contributed by atoms with E-state index in [1.165, 1.54) is 43.4 Å². The van der Waals surface area contributed by atoms with Crippen LogP contribution in [-0.2, 0) is 17.8 Å². The molecule has 1 atom stereocenters. The van der Waals surface area contributed by atoms with Crippen LogP contribution in [0.3, 0.4) is 0 Å². The van der Waals surface area contributed by atoms with E-state index in [9.17, 15) is 4.79 Å². The van der Waals surface area contributed by atoms with E-state index in [-0.39, 0.29) is 5.75 Å². The molecule has 2 heterocycles. The standard InChI is InChI=1S/C14H23N3O2S/c1-3-12-8-15-14(20-10-13(18)19)17(12)9-11(2)16-6-4-5-7-16/h8,11H,3-7,9-10H2,1-2H3,(H,18,19). The van der Waals surface area contributed by atoms with Crippen molar-refractivity contribution in [1.82, 2.24) is 14.5 Å². The Morgan fingerprint density at radius 2 is 2.20 bits per heavy atom. The van der Waals surface area contributed by atoms with E-state index in [0.717, 1.165) is 18.1 Å². The largest absolute Gasteiger partial charge is 0.481 e. The molecule has 0 spiro atoms. The van der Waals surface area contributed by atoms with Gasteiger partial charge in [0.1, 0.15) is 0 Å². The number of aliphatic carboxylic acids is 1. The van der Waals surface area contributed by atoms with Crippen molar-refractivity contribution in [3.05, 3.63) is 11.9 Å². The maximum atomic E-state index is 10.7. The number of hydrogen-bond donors (Lipinski definition) is 1. The first kappa shape index (κ1) is 15.4. The highest BCUT2D eigenvalue weighted by molar-refractivity contribution is 7.99. The van der Waals surface area contributed by atoms with Crippen LogP contribution >= 0.6 is 11.8 Å². The summed E-state index contributed by atoms with van der Waals surface area (Å²) in [4.78, 5) is 17.6. The maximum Gasteiger partial charge on any atom is 0.313 e. The first-order valence-electron chi connectivity index (χ1n) is 7.24. The van der Waals surface area contributed by atoms with Gasteiger partial charge in [0.15, 0.2) is 5.16 Å². The van der Waals surface area contributed by atoms with E-state index in [0.29, 0.717) is 6.04 Å². The van der Waals surface area contributed by atoms with Gasteiger partial charge in [-0.2, -0.15) is 0 Å². The summed E-state index contributed by atoms with van der Waals surface area (Å²) in [6.07, 6.45) is 5.37. The number of rotatable bonds is 7. The number of imidazole rings is 1. The number of hydrogen-bond acceptors (Lipinski definition) is 4. The van der Waals surface area contributed by atoms with Crippen LogP contribution in [0, 0.1) is 0 Å². The SMILES string of the molecule is CCc1cnc(SCC(=O)O)n1CC(C)N1CCCC1. The Morgan fingerprint density at radius 1 is 1.50 bits per heavy atom. The van der Waals surface area contributed by atoms with Gasteiger partial charge in [-0.15, -0.1) is 0 Å². The third-order valence-corrected chi connectivity index (χ3v) is 4.77. The molecule has 1 saturated heterocycles. The van der Waals surface area contributed by atoms with E-state index in [4.69, 9.17) is 5.11 Å². The van der Waals surface area contributed by atoms with Crippen LogP contribution in [0.15, 0.2) is 11.4 Å². The van der Waals surface area contributed by atoms with Crippen molar-refractivity contribution in [3.63, 3.8) is 0 Å². The summed E-state index contributed by atoms with van der Waals surface area (Å²) in [7, 11) is 0. The molecule has 20 heavy (non-hydrogen) atoms. The van der Waals surface area contributed by atoms with Gasteiger partial charge < -0.3 is 9.67 Å². The number of likely N-dealkylation sites (tertiary alicyclic amines) is 1. The molecule has 1 aliphatic heterocycles. The fourth-order valence-electron chi connectivity index (χ4n) is 2.67. The number of aryl methyl sites for hydroxylation is 1. The van der Waals surface area contributed by atoms with Gasteiger partial charge in [-0.25, -0.2) is 4.98 Å². The second-order valence-corrected chi connectivity index (χ2v) is 6.21. The fourth-order valence-corrected chi connectivity index (χ4v) is 3.40. The van der Waals surface area contributed by atoms with Crippen LogP contribution in [-0.4, -0.2) is 50.4 Å². The summed E-state index contributed by atoms with van der Waals surface area (Å²) < 4.78 is 2.19. The summed E-state index contributed by atoms with van der Waals surface area (Å²) in [5.41, 5.74) is 1.18. The van der Waals surface area contributed by atoms with Gasteiger partial charge in [-0.3, -0.25) is 9.69 Å². The Morgan fingerprint density at radius 3 is 2.80 bits per heavy atom. The summed E-state index contributed by atoms with van der Waals surface area (Å²) in [6, 6.07) is 0.473. The van der Waals surface area contributed by atoms with Gasteiger partial charge in [-0.05, 0) is 39.3 Å². The summed E-state index contributed by atoms with van der Waals surface area (Å²) >= 11 is 1.31. The lowest BCUT2D eigenvalue weighted by atomic mass is 10.2. The smallest absolute Gasteiger partial charge is 0.313 e. The van der Waals surface area contributed by atoms with Crippen molar-refractivity contribution >= 4 is 17.7 Å². The Labute approximate surface area is 124 Å². The third kappa shape index (κ3) is 3.76. The average Bonchev–Trinajstić information content (AvgIpc) is 3.05. The van der Waals surface area contributed by atoms with Crippen molar-refractivity contribution in [3.8, 4) is 0 Å². The minimum Gasteiger partial charge on any atom is -0.481 e. The molecule has 1 aromatic heterocycles. The Kier molecular flexibility index (Phi) is 5.48. The van der Waals surface area contributed by atoms with Crippen molar-refractivity contribution < 1.29 is 9.90 Å². The molecule has 6 heteroatoms. The van der Waals surface area contributed by atoms with E-state index < -0.39 is 5.97 Å². The maximum absolute atomic E-state index is 10.7. The second-order valence-electron chi connectivity index (χ2n) is 5.27. The van der Waals surface area contributed by atoms with E-state index in [1.54, 1.807) is 0 Å². The highest BCUT2D eigenvalue weighted by atomic mass is 32.2. The quantitative estimate of drug-likeness (QED) is 0.781. The highest BCUT2D eigenvalue weighted by Gasteiger charge is 2.20. The minimum absolute atomic E-state index is 0.0677. The minimum atomic E-state index is -0.796. The number of thioether (sulfide) groups is 1. The molecule has 1 aromatic rings. The lowest BCUT2D eigenvalue weighted by Gasteiger charge is -2.25. The van der Waals surface area contributed by atoms with E-state index in [1.807, 2.05) is 6.20 Å². The van der Waals surface area contributed by atoms with Crippen molar-refractivity contribution in [1.29, 1.82) is 0 Å². The topological polar surface area (TPSA) is 58.4 Å². The Bertz CT molecular complexity index is 455. The fraction of sp³-hybridized carbons (Fsp3) is 0.714. The van der Waals surface area contributed by atoms with Crippen LogP contribution in [0.2, 0.25) is 0 Å². The summed E-state index contributed by atoms with van der Waals surface area (Å²) in [5, 5.41) is 9.65. The third-order valence-electron chi connectivity index (χ3n) is 3.80. The first-order chi connectivity index (χ1) is 9.61. The van der Waals surface area contributed by atoms with Crippen LogP contribution in [0.5, 0.6) is 0 Å². The molecule has 0 aromatic carbocycles. The van der Waals surface area contributed by atoms with Crippen LogP contribution in [0.1, 0.15) is 32.4 Å². The molecule has 1 unspecified atom stereocenters. The molecule has 0 bridgehead atoms. The number of carboxylic acid groups (broad SMARTS) is 1. The van der Waals surface area contributed by atoms with Gasteiger partial charge in [0, 0.05) is 24.5 Å². The van der Waals surface area contributed by atoms with E-state index >= 15 is 0 Å². The lowest BCUT2D eigenvalue weighted by molar-refractivity contribution is -0.133. The van der Waals surface area contributed by atoms with Crippen molar-refractivity contribution in [2.45, 2.75) is 50.9 Å². The average molecular weight is 297 g/mol. The van der Waals surface area contributed by atoms with Crippen molar-refractivity contribution in [2.24, 2.45) is 0 Å². The molecule has 1 fully saturated rings. The normalized spacial score (nSPS) is 17.5. The predicted molar refractivity (Wildman–Crippen MR) is 80.2 cm³/mol. The molecule has 0 saturated carbocycles. The molecule has 1 N–H and O–H groups in total. The summed E-state index contributed by atoms with van der Waals surface area (Å²) in [5.74, 6) is -0.728. The molecule has 5 nitrogen and oxygen atoms in total. The van der Waals surface area contributed by atoms with Crippen molar-refractivity contribution in [2.75, 3.05) is 18.8 Å². The highest BCUT2D eigenvalue weighted by Crippen LogP contribution is 2.21. The zero-order valence-electron chi connectivity index (χ0n) is 12.2. The predicted octanol–water partition coefficient (Wildman–Crippen LogP) is 2.11. The molecular formula is C14H23N3O2S. The zero-order valence-corrected chi connectivity index (χ0v) is 13.0. The Hall–Kier alpha value is -1.01. The molecule has 0 aliphatic carbocycles. The van der Waals surface area contributed by atoms with Gasteiger partial charge in [0.25, 0.3) is 0 Å². The molecule has 112 valence electrons. The number of aromatic nitrogens is 2. The Balaban J connectivity index is 2.07. The van der Waals surface area contributed by atoms with Crippen LogP contribution in [0.4, 0.5) is 0 Å². The molecule has 0 radical (unpaired) electrons.